The summed E-state index contributed by atoms with van der Waals surface area (Å²) in [5.74, 6) is 0.816. The lowest BCUT2D eigenvalue weighted by atomic mass is 9.98. The van der Waals surface area contributed by atoms with Gasteiger partial charge in [-0.1, -0.05) is 31.5 Å². The van der Waals surface area contributed by atoms with Crippen molar-refractivity contribution in [1.29, 1.82) is 0 Å². The van der Waals surface area contributed by atoms with Crippen LogP contribution in [0.1, 0.15) is 38.7 Å². The molecule has 0 bridgehead atoms. The van der Waals surface area contributed by atoms with Crippen molar-refractivity contribution in [3.8, 4) is 11.5 Å². The highest BCUT2D eigenvalue weighted by molar-refractivity contribution is 6.33. The molecule has 3 aromatic rings. The quantitative estimate of drug-likeness (QED) is 0.669. The number of nitrogens with zero attached hydrogens (tertiary/aromatic N) is 1. The Morgan fingerprint density at radius 2 is 2.08 bits per heavy atom. The Morgan fingerprint density at radius 1 is 1.29 bits per heavy atom. The third kappa shape index (κ3) is 3.29. The second-order valence-electron chi connectivity index (χ2n) is 5.93. The first-order valence-corrected chi connectivity index (χ1v) is 8.33. The number of benzene rings is 2. The van der Waals surface area contributed by atoms with Crippen LogP contribution in [0, 0.1) is 0 Å². The number of aromatic nitrogens is 1. The number of nitrogens with one attached hydrogen (secondary N) is 1. The number of halogens is 1. The Balaban J connectivity index is 2.01. The van der Waals surface area contributed by atoms with Crippen molar-refractivity contribution in [2.75, 3.05) is 5.32 Å². The second-order valence-corrected chi connectivity index (χ2v) is 6.34. The molecular formula is C19H19ClN2O2. The number of hydrogen-bond acceptors (Lipinski definition) is 3. The fourth-order valence-corrected chi connectivity index (χ4v) is 2.72. The Morgan fingerprint density at radius 3 is 2.79 bits per heavy atom. The summed E-state index contributed by atoms with van der Waals surface area (Å²) < 4.78 is 5.86. The Hall–Kier alpha value is -2.33. The summed E-state index contributed by atoms with van der Waals surface area (Å²) in [7, 11) is 0. The number of carbonyl (C=O) groups excluding carboxylic acids is 1. The number of fused-ring (bicyclic) bond motifs is 1. The minimum atomic E-state index is -0.176. The first kappa shape index (κ1) is 16.5. The first-order chi connectivity index (χ1) is 11.5. The van der Waals surface area contributed by atoms with E-state index in [2.05, 4.69) is 36.3 Å². The van der Waals surface area contributed by atoms with Crippen molar-refractivity contribution >= 4 is 34.3 Å². The fraction of sp³-hybridized carbons (Fsp3) is 0.263. The summed E-state index contributed by atoms with van der Waals surface area (Å²) in [5, 5.41) is 3.18. The van der Waals surface area contributed by atoms with Crippen LogP contribution in [0.25, 0.3) is 22.6 Å². The topological polar surface area (TPSA) is 55.1 Å². The summed E-state index contributed by atoms with van der Waals surface area (Å²) in [6, 6.07) is 11.4. The Kier molecular flexibility index (Phi) is 4.58. The van der Waals surface area contributed by atoms with E-state index in [1.807, 2.05) is 12.1 Å². The standard InChI is InChI=1S/C19H19ClN2O2/c1-4-11(2)13-6-8-18-17(9-13)22-19(24-18)14-5-7-15(20)16(10-14)21-12(3)23/h5-11H,4H2,1-3H3,(H,21,23)/t11-/m0/s1. The third-order valence-electron chi connectivity index (χ3n) is 4.12. The van der Waals surface area contributed by atoms with Gasteiger partial charge in [0.15, 0.2) is 5.58 Å². The zero-order valence-corrected chi connectivity index (χ0v) is 14.6. The number of hydrogen-bond donors (Lipinski definition) is 1. The van der Waals surface area contributed by atoms with Crippen LogP contribution in [0.3, 0.4) is 0 Å². The molecular weight excluding hydrogens is 324 g/mol. The van der Waals surface area contributed by atoms with Gasteiger partial charge in [0.25, 0.3) is 0 Å². The SMILES string of the molecule is CC[C@H](C)c1ccc2oc(-c3ccc(Cl)c(NC(C)=O)c3)nc2c1. The van der Waals surface area contributed by atoms with Crippen LogP contribution in [-0.2, 0) is 4.79 Å². The summed E-state index contributed by atoms with van der Waals surface area (Å²) >= 11 is 6.11. The van der Waals surface area contributed by atoms with Gasteiger partial charge >= 0.3 is 0 Å². The molecule has 1 amide bonds. The third-order valence-corrected chi connectivity index (χ3v) is 4.45. The molecule has 1 N–H and O–H groups in total. The zero-order valence-electron chi connectivity index (χ0n) is 13.9. The van der Waals surface area contributed by atoms with Gasteiger partial charge in [0.05, 0.1) is 10.7 Å². The molecule has 0 fully saturated rings. The fourth-order valence-electron chi connectivity index (χ4n) is 2.55. The summed E-state index contributed by atoms with van der Waals surface area (Å²) in [6.07, 6.45) is 1.08. The molecule has 24 heavy (non-hydrogen) atoms. The summed E-state index contributed by atoms with van der Waals surface area (Å²) in [4.78, 5) is 15.9. The Bertz CT molecular complexity index is 902. The molecule has 0 aliphatic rings. The highest BCUT2D eigenvalue weighted by Crippen LogP contribution is 2.31. The predicted octanol–water partition coefficient (Wildman–Crippen LogP) is 5.62. The van der Waals surface area contributed by atoms with Crippen LogP contribution in [0.5, 0.6) is 0 Å². The van der Waals surface area contributed by atoms with Crippen LogP contribution in [0.4, 0.5) is 5.69 Å². The molecule has 1 heterocycles. The van der Waals surface area contributed by atoms with Crippen LogP contribution in [0.2, 0.25) is 5.02 Å². The van der Waals surface area contributed by atoms with Crippen LogP contribution >= 0.6 is 11.6 Å². The van der Waals surface area contributed by atoms with Crippen molar-refractivity contribution in [3.63, 3.8) is 0 Å². The first-order valence-electron chi connectivity index (χ1n) is 7.96. The Labute approximate surface area is 145 Å². The molecule has 0 aliphatic heterocycles. The van der Waals surface area contributed by atoms with E-state index >= 15 is 0 Å². The average molecular weight is 343 g/mol. The smallest absolute Gasteiger partial charge is 0.227 e. The molecule has 2 aromatic carbocycles. The van der Waals surface area contributed by atoms with Gasteiger partial charge in [0.2, 0.25) is 11.8 Å². The monoisotopic (exact) mass is 342 g/mol. The lowest BCUT2D eigenvalue weighted by molar-refractivity contribution is -0.114. The van der Waals surface area contributed by atoms with E-state index in [4.69, 9.17) is 16.0 Å². The van der Waals surface area contributed by atoms with Gasteiger partial charge in [-0.25, -0.2) is 4.98 Å². The molecule has 0 saturated heterocycles. The largest absolute Gasteiger partial charge is 0.436 e. The van der Waals surface area contributed by atoms with Crippen molar-refractivity contribution in [1.82, 2.24) is 4.98 Å². The van der Waals surface area contributed by atoms with Gasteiger partial charge in [-0.2, -0.15) is 0 Å². The van der Waals surface area contributed by atoms with E-state index in [0.717, 1.165) is 23.1 Å². The van der Waals surface area contributed by atoms with Gasteiger partial charge in [-0.15, -0.1) is 0 Å². The number of carbonyl (C=O) groups is 1. The molecule has 3 rings (SSSR count). The van der Waals surface area contributed by atoms with Gasteiger partial charge in [-0.3, -0.25) is 4.79 Å². The van der Waals surface area contributed by atoms with E-state index in [-0.39, 0.29) is 5.91 Å². The lowest BCUT2D eigenvalue weighted by Gasteiger charge is -2.07. The molecule has 124 valence electrons. The molecule has 0 saturated carbocycles. The number of oxazole rings is 1. The molecule has 1 aromatic heterocycles. The van der Waals surface area contributed by atoms with E-state index in [0.29, 0.717) is 22.5 Å². The molecule has 0 unspecified atom stereocenters. The maximum atomic E-state index is 11.3. The molecule has 0 radical (unpaired) electrons. The van der Waals surface area contributed by atoms with Crippen molar-refractivity contribution < 1.29 is 9.21 Å². The molecule has 0 aliphatic carbocycles. The minimum Gasteiger partial charge on any atom is -0.436 e. The van der Waals surface area contributed by atoms with Crippen molar-refractivity contribution in [3.05, 3.63) is 47.0 Å². The predicted molar refractivity (Wildman–Crippen MR) is 97.5 cm³/mol. The molecule has 0 spiro atoms. The maximum Gasteiger partial charge on any atom is 0.227 e. The van der Waals surface area contributed by atoms with E-state index in [1.165, 1.54) is 12.5 Å². The maximum absolute atomic E-state index is 11.3. The zero-order chi connectivity index (χ0) is 17.3. The molecule has 4 nitrogen and oxygen atoms in total. The highest BCUT2D eigenvalue weighted by Gasteiger charge is 2.13. The normalized spacial score (nSPS) is 12.3. The number of anilines is 1. The second kappa shape index (κ2) is 6.65. The van der Waals surface area contributed by atoms with E-state index in [9.17, 15) is 4.79 Å². The van der Waals surface area contributed by atoms with Crippen LogP contribution < -0.4 is 5.32 Å². The molecule has 5 heteroatoms. The highest BCUT2D eigenvalue weighted by atomic mass is 35.5. The van der Waals surface area contributed by atoms with E-state index < -0.39 is 0 Å². The van der Waals surface area contributed by atoms with Gasteiger partial charge in [0, 0.05) is 12.5 Å². The minimum absolute atomic E-state index is 0.176. The number of amides is 1. The lowest BCUT2D eigenvalue weighted by Crippen LogP contribution is -2.06. The van der Waals surface area contributed by atoms with Gasteiger partial charge < -0.3 is 9.73 Å². The summed E-state index contributed by atoms with van der Waals surface area (Å²) in [6.45, 7) is 5.81. The van der Waals surface area contributed by atoms with Crippen LogP contribution in [0.15, 0.2) is 40.8 Å². The van der Waals surface area contributed by atoms with Crippen LogP contribution in [-0.4, -0.2) is 10.9 Å². The summed E-state index contributed by atoms with van der Waals surface area (Å²) in [5.41, 5.74) is 4.14. The van der Waals surface area contributed by atoms with Gasteiger partial charge in [0.1, 0.15) is 5.52 Å². The van der Waals surface area contributed by atoms with Gasteiger partial charge in [-0.05, 0) is 48.2 Å². The van der Waals surface area contributed by atoms with Crippen molar-refractivity contribution in [2.24, 2.45) is 0 Å². The average Bonchev–Trinajstić information content (AvgIpc) is 2.98. The van der Waals surface area contributed by atoms with Crippen molar-refractivity contribution in [2.45, 2.75) is 33.1 Å². The molecule has 1 atom stereocenters. The van der Waals surface area contributed by atoms with E-state index in [1.54, 1.807) is 12.1 Å². The number of rotatable bonds is 4.